The van der Waals surface area contributed by atoms with Crippen LogP contribution in [0.4, 0.5) is 4.79 Å². The fourth-order valence-corrected chi connectivity index (χ4v) is 2.54. The van der Waals surface area contributed by atoms with Gasteiger partial charge in [-0.1, -0.05) is 6.92 Å². The molecule has 2 rings (SSSR count). The van der Waals surface area contributed by atoms with E-state index in [1.807, 2.05) is 0 Å². The van der Waals surface area contributed by atoms with Gasteiger partial charge < -0.3 is 0 Å². The predicted octanol–water partition coefficient (Wildman–Crippen LogP) is 1.28. The van der Waals surface area contributed by atoms with Crippen LogP contribution >= 0.6 is 0 Å². The molecule has 0 bridgehead atoms. The van der Waals surface area contributed by atoms with Crippen molar-refractivity contribution in [2.24, 2.45) is 11.8 Å². The molecule has 0 aromatic heterocycles. The van der Waals surface area contributed by atoms with E-state index >= 15 is 0 Å². The van der Waals surface area contributed by atoms with Crippen molar-refractivity contribution in [3.63, 3.8) is 0 Å². The highest BCUT2D eigenvalue weighted by atomic mass is 16.2. The Morgan fingerprint density at radius 3 is 2.24 bits per heavy atom. The molecule has 0 aromatic carbocycles. The Labute approximate surface area is 101 Å². The second-order valence-corrected chi connectivity index (χ2v) is 5.14. The van der Waals surface area contributed by atoms with Crippen LogP contribution in [0.1, 0.15) is 39.5 Å². The summed E-state index contributed by atoms with van der Waals surface area (Å²) in [5.41, 5.74) is 0. The van der Waals surface area contributed by atoms with E-state index in [1.54, 1.807) is 6.92 Å². The third-order valence-electron chi connectivity index (χ3n) is 3.80. The Balaban J connectivity index is 2.11. The lowest BCUT2D eigenvalue weighted by atomic mass is 9.86. The van der Waals surface area contributed by atoms with Gasteiger partial charge in [-0.2, -0.15) is 0 Å². The van der Waals surface area contributed by atoms with Crippen LogP contribution in [0.15, 0.2) is 0 Å². The van der Waals surface area contributed by atoms with Gasteiger partial charge in [0.05, 0.1) is 0 Å². The van der Waals surface area contributed by atoms with Gasteiger partial charge in [-0.05, 0) is 38.5 Å². The molecule has 2 aliphatic rings. The maximum Gasteiger partial charge on any atom is 0.331 e. The number of hydrogen-bond acceptors (Lipinski definition) is 3. The Morgan fingerprint density at radius 1 is 1.06 bits per heavy atom. The van der Waals surface area contributed by atoms with Gasteiger partial charge in [-0.15, -0.1) is 0 Å². The molecule has 1 unspecified atom stereocenters. The Bertz CT molecular complexity index is 359. The van der Waals surface area contributed by atoms with Crippen molar-refractivity contribution in [3.05, 3.63) is 0 Å². The van der Waals surface area contributed by atoms with Crippen LogP contribution in [0.25, 0.3) is 0 Å². The first-order valence-electron chi connectivity index (χ1n) is 6.18. The average molecular weight is 238 g/mol. The van der Waals surface area contributed by atoms with Crippen molar-refractivity contribution < 1.29 is 14.4 Å². The SMILES string of the molecule is CC1CCC(N2C(=O)NC(=O)C(C)C2=O)CC1. The summed E-state index contributed by atoms with van der Waals surface area (Å²) in [5, 5.41) is 2.25. The summed E-state index contributed by atoms with van der Waals surface area (Å²) >= 11 is 0. The van der Waals surface area contributed by atoms with Gasteiger partial charge in [-0.3, -0.25) is 19.8 Å². The second kappa shape index (κ2) is 4.47. The number of barbiturate groups is 1. The van der Waals surface area contributed by atoms with Crippen LogP contribution in [0.2, 0.25) is 0 Å². The minimum Gasteiger partial charge on any atom is -0.277 e. The molecule has 1 atom stereocenters. The number of rotatable bonds is 1. The number of nitrogens with one attached hydrogen (secondary N) is 1. The van der Waals surface area contributed by atoms with Crippen LogP contribution in [0.5, 0.6) is 0 Å². The lowest BCUT2D eigenvalue weighted by Crippen LogP contribution is -2.60. The molecule has 1 heterocycles. The molecule has 0 radical (unpaired) electrons. The number of hydrogen-bond donors (Lipinski definition) is 1. The van der Waals surface area contributed by atoms with Gasteiger partial charge >= 0.3 is 6.03 Å². The molecule has 5 heteroatoms. The minimum atomic E-state index is -0.743. The first-order valence-corrected chi connectivity index (χ1v) is 6.18. The number of carbonyl (C=O) groups excluding carboxylic acids is 3. The zero-order valence-corrected chi connectivity index (χ0v) is 10.2. The van der Waals surface area contributed by atoms with Crippen molar-refractivity contribution in [3.8, 4) is 0 Å². The molecule has 1 N–H and O–H groups in total. The molecule has 1 saturated heterocycles. The van der Waals surface area contributed by atoms with Crippen molar-refractivity contribution >= 4 is 17.8 Å². The van der Waals surface area contributed by atoms with Gasteiger partial charge in [-0.25, -0.2) is 4.79 Å². The molecule has 1 saturated carbocycles. The van der Waals surface area contributed by atoms with Gasteiger partial charge in [0.1, 0.15) is 5.92 Å². The highest BCUT2D eigenvalue weighted by Crippen LogP contribution is 2.29. The van der Waals surface area contributed by atoms with Crippen molar-refractivity contribution in [2.75, 3.05) is 0 Å². The fourth-order valence-electron chi connectivity index (χ4n) is 2.54. The van der Waals surface area contributed by atoms with E-state index in [0.717, 1.165) is 25.7 Å². The zero-order chi connectivity index (χ0) is 12.6. The maximum absolute atomic E-state index is 12.0. The first-order chi connectivity index (χ1) is 8.00. The zero-order valence-electron chi connectivity index (χ0n) is 10.2. The summed E-state index contributed by atoms with van der Waals surface area (Å²) in [6.07, 6.45) is 3.76. The summed E-state index contributed by atoms with van der Waals surface area (Å²) in [5.74, 6) is -0.918. The quantitative estimate of drug-likeness (QED) is 0.700. The van der Waals surface area contributed by atoms with E-state index < -0.39 is 17.9 Å². The van der Waals surface area contributed by atoms with Gasteiger partial charge in [0, 0.05) is 6.04 Å². The number of nitrogens with zero attached hydrogens (tertiary/aromatic N) is 1. The number of carbonyl (C=O) groups is 3. The van der Waals surface area contributed by atoms with E-state index in [9.17, 15) is 14.4 Å². The topological polar surface area (TPSA) is 66.5 Å². The molecule has 94 valence electrons. The number of urea groups is 1. The third kappa shape index (κ3) is 2.18. The smallest absolute Gasteiger partial charge is 0.277 e. The van der Waals surface area contributed by atoms with E-state index in [0.29, 0.717) is 5.92 Å². The van der Waals surface area contributed by atoms with E-state index in [1.165, 1.54) is 4.90 Å². The average Bonchev–Trinajstić information content (AvgIpc) is 2.29. The second-order valence-electron chi connectivity index (χ2n) is 5.14. The van der Waals surface area contributed by atoms with Crippen LogP contribution in [0, 0.1) is 11.8 Å². The van der Waals surface area contributed by atoms with Gasteiger partial charge in [0.15, 0.2) is 0 Å². The summed E-state index contributed by atoms with van der Waals surface area (Å²) in [6.45, 7) is 3.73. The van der Waals surface area contributed by atoms with Crippen LogP contribution in [-0.2, 0) is 9.59 Å². The third-order valence-corrected chi connectivity index (χ3v) is 3.80. The molecule has 4 amide bonds. The van der Waals surface area contributed by atoms with Crippen molar-refractivity contribution in [2.45, 2.75) is 45.6 Å². The van der Waals surface area contributed by atoms with E-state index in [2.05, 4.69) is 12.2 Å². The van der Waals surface area contributed by atoms with Gasteiger partial charge in [0.2, 0.25) is 11.8 Å². The molecular weight excluding hydrogens is 220 g/mol. The molecule has 5 nitrogen and oxygen atoms in total. The maximum atomic E-state index is 12.0. The van der Waals surface area contributed by atoms with E-state index in [4.69, 9.17) is 0 Å². The van der Waals surface area contributed by atoms with Crippen molar-refractivity contribution in [1.82, 2.24) is 10.2 Å². The molecule has 0 spiro atoms. The summed E-state index contributed by atoms with van der Waals surface area (Å²) in [4.78, 5) is 36.3. The highest BCUT2D eigenvalue weighted by molar-refractivity contribution is 6.16. The summed E-state index contributed by atoms with van der Waals surface area (Å²) in [6, 6.07) is -0.577. The molecule has 2 fully saturated rings. The normalized spacial score (nSPS) is 34.8. The lowest BCUT2D eigenvalue weighted by molar-refractivity contribution is -0.143. The van der Waals surface area contributed by atoms with Crippen molar-refractivity contribution in [1.29, 1.82) is 0 Å². The Morgan fingerprint density at radius 2 is 1.65 bits per heavy atom. The van der Waals surface area contributed by atoms with Crippen LogP contribution in [0.3, 0.4) is 0 Å². The molecule has 1 aliphatic carbocycles. The summed E-state index contributed by atoms with van der Waals surface area (Å²) in [7, 11) is 0. The minimum absolute atomic E-state index is 0.0331. The Kier molecular flexibility index (Phi) is 3.17. The van der Waals surface area contributed by atoms with E-state index in [-0.39, 0.29) is 11.9 Å². The fraction of sp³-hybridized carbons (Fsp3) is 0.750. The molecule has 0 aromatic rings. The lowest BCUT2D eigenvalue weighted by Gasteiger charge is -2.37. The highest BCUT2D eigenvalue weighted by Gasteiger charge is 2.41. The standard InChI is InChI=1S/C12H18N2O3/c1-7-3-5-9(6-4-7)14-11(16)8(2)10(15)13-12(14)17/h7-9H,3-6H2,1-2H3,(H,13,15,17). The molecular formula is C12H18N2O3. The monoisotopic (exact) mass is 238 g/mol. The number of amides is 4. The molecule has 17 heavy (non-hydrogen) atoms. The largest absolute Gasteiger partial charge is 0.331 e. The Hall–Kier alpha value is -1.39. The van der Waals surface area contributed by atoms with Crippen LogP contribution in [-0.4, -0.2) is 28.8 Å². The molecule has 1 aliphatic heterocycles. The first kappa shape index (κ1) is 12.1. The predicted molar refractivity (Wildman–Crippen MR) is 61.0 cm³/mol. The van der Waals surface area contributed by atoms with Gasteiger partial charge in [0.25, 0.3) is 0 Å². The van der Waals surface area contributed by atoms with Crippen LogP contribution < -0.4 is 5.32 Å². The number of imide groups is 2. The summed E-state index contributed by atoms with van der Waals surface area (Å²) < 4.78 is 0.